The van der Waals surface area contributed by atoms with Gasteiger partial charge in [-0.15, -0.1) is 0 Å². The van der Waals surface area contributed by atoms with E-state index in [1.807, 2.05) is 20.8 Å². The van der Waals surface area contributed by atoms with Crippen molar-refractivity contribution in [1.29, 1.82) is 0 Å². The molecule has 0 unspecified atom stereocenters. The fourth-order valence-electron chi connectivity index (χ4n) is 1.62. The molecular weight excluding hydrogens is 286 g/mol. The summed E-state index contributed by atoms with van der Waals surface area (Å²) >= 11 is 0. The molecule has 0 atom stereocenters. The molecule has 1 rings (SSSR count). The van der Waals surface area contributed by atoms with Crippen molar-refractivity contribution in [2.75, 3.05) is 25.5 Å². The molecular formula is C15H23N3O4. The monoisotopic (exact) mass is 309 g/mol. The van der Waals surface area contributed by atoms with Gasteiger partial charge in [0, 0.05) is 19.3 Å². The summed E-state index contributed by atoms with van der Waals surface area (Å²) in [6.45, 7) is 6.44. The number of amides is 1. The van der Waals surface area contributed by atoms with Crippen LogP contribution in [-0.4, -0.2) is 42.8 Å². The van der Waals surface area contributed by atoms with Crippen molar-refractivity contribution < 1.29 is 19.1 Å². The number of carbonyl (C=O) groups excluding carboxylic acids is 2. The van der Waals surface area contributed by atoms with Crippen LogP contribution in [0.25, 0.3) is 0 Å². The van der Waals surface area contributed by atoms with E-state index in [2.05, 4.69) is 20.4 Å². The molecule has 122 valence electrons. The summed E-state index contributed by atoms with van der Waals surface area (Å²) in [6.07, 6.45) is 1.81. The predicted octanol–water partition coefficient (Wildman–Crippen LogP) is 2.19. The largest absolute Gasteiger partial charge is 0.465 e. The van der Waals surface area contributed by atoms with Gasteiger partial charge in [-0.1, -0.05) is 0 Å². The van der Waals surface area contributed by atoms with E-state index in [-0.39, 0.29) is 0 Å². The second-order valence-corrected chi connectivity index (χ2v) is 5.60. The number of anilines is 1. The van der Waals surface area contributed by atoms with Crippen LogP contribution in [0.3, 0.4) is 0 Å². The maximum atomic E-state index is 11.6. The maximum Gasteiger partial charge on any atom is 0.407 e. The second-order valence-electron chi connectivity index (χ2n) is 5.60. The molecule has 0 radical (unpaired) electrons. The van der Waals surface area contributed by atoms with Crippen LogP contribution in [0, 0.1) is 0 Å². The zero-order valence-electron chi connectivity index (χ0n) is 13.4. The first-order chi connectivity index (χ1) is 10.3. The fourth-order valence-corrected chi connectivity index (χ4v) is 1.62. The molecule has 0 saturated carbocycles. The molecule has 7 nitrogen and oxygen atoms in total. The third-order valence-corrected chi connectivity index (χ3v) is 2.53. The average molecular weight is 309 g/mol. The van der Waals surface area contributed by atoms with E-state index in [1.165, 1.54) is 7.11 Å². The van der Waals surface area contributed by atoms with Crippen molar-refractivity contribution in [1.82, 2.24) is 10.3 Å². The Labute approximate surface area is 130 Å². The lowest BCUT2D eigenvalue weighted by atomic mass is 10.2. The molecule has 0 bridgehead atoms. The summed E-state index contributed by atoms with van der Waals surface area (Å²) < 4.78 is 9.81. The molecule has 1 amide bonds. The lowest BCUT2D eigenvalue weighted by Gasteiger charge is -2.19. The summed E-state index contributed by atoms with van der Waals surface area (Å²) in [7, 11) is 1.32. The Morgan fingerprint density at radius 1 is 1.27 bits per heavy atom. The highest BCUT2D eigenvalue weighted by Crippen LogP contribution is 2.12. The van der Waals surface area contributed by atoms with Crippen molar-refractivity contribution in [3.8, 4) is 0 Å². The van der Waals surface area contributed by atoms with Gasteiger partial charge in [-0.05, 0) is 39.3 Å². The first-order valence-corrected chi connectivity index (χ1v) is 7.07. The minimum absolute atomic E-state index is 0.380. The van der Waals surface area contributed by atoms with Gasteiger partial charge in [0.25, 0.3) is 0 Å². The molecule has 0 aliphatic carbocycles. The number of nitrogens with one attached hydrogen (secondary N) is 2. The normalized spacial score (nSPS) is 10.7. The Kier molecular flexibility index (Phi) is 6.62. The minimum atomic E-state index is -0.508. The number of pyridine rings is 1. The Balaban J connectivity index is 2.34. The summed E-state index contributed by atoms with van der Waals surface area (Å²) in [4.78, 5) is 27.1. The molecule has 7 heteroatoms. The van der Waals surface area contributed by atoms with Gasteiger partial charge >= 0.3 is 12.1 Å². The first kappa shape index (κ1) is 17.7. The molecule has 22 heavy (non-hydrogen) atoms. The van der Waals surface area contributed by atoms with Crippen LogP contribution in [0.4, 0.5) is 10.6 Å². The zero-order chi connectivity index (χ0) is 16.6. The van der Waals surface area contributed by atoms with Crippen LogP contribution < -0.4 is 10.6 Å². The van der Waals surface area contributed by atoms with Crippen LogP contribution in [0.2, 0.25) is 0 Å². The SMILES string of the molecule is COC(=O)c1cccnc1NCCCNC(=O)OC(C)(C)C. The smallest absolute Gasteiger partial charge is 0.407 e. The predicted molar refractivity (Wildman–Crippen MR) is 82.9 cm³/mol. The van der Waals surface area contributed by atoms with Crippen LogP contribution in [0.15, 0.2) is 18.3 Å². The highest BCUT2D eigenvalue weighted by molar-refractivity contribution is 5.94. The van der Waals surface area contributed by atoms with E-state index in [9.17, 15) is 9.59 Å². The molecule has 0 aliphatic rings. The van der Waals surface area contributed by atoms with Crippen LogP contribution in [0.1, 0.15) is 37.6 Å². The zero-order valence-corrected chi connectivity index (χ0v) is 13.4. The molecule has 2 N–H and O–H groups in total. The molecule has 0 spiro atoms. The Bertz CT molecular complexity index is 512. The molecule has 0 saturated heterocycles. The van der Waals surface area contributed by atoms with Crippen molar-refractivity contribution >= 4 is 17.9 Å². The van der Waals surface area contributed by atoms with Gasteiger partial charge < -0.3 is 20.1 Å². The van der Waals surface area contributed by atoms with Crippen LogP contribution in [-0.2, 0) is 9.47 Å². The minimum Gasteiger partial charge on any atom is -0.465 e. The number of aromatic nitrogens is 1. The summed E-state index contributed by atoms with van der Waals surface area (Å²) in [5.74, 6) is 0.0223. The number of methoxy groups -OCH3 is 1. The average Bonchev–Trinajstić information content (AvgIpc) is 2.44. The van der Waals surface area contributed by atoms with Gasteiger partial charge in [-0.3, -0.25) is 0 Å². The van der Waals surface area contributed by atoms with E-state index in [0.717, 1.165) is 0 Å². The van der Waals surface area contributed by atoms with E-state index >= 15 is 0 Å². The quantitative estimate of drug-likeness (QED) is 0.618. The van der Waals surface area contributed by atoms with Gasteiger partial charge in [-0.25, -0.2) is 14.6 Å². The number of rotatable bonds is 6. The number of hydrogen-bond donors (Lipinski definition) is 2. The lowest BCUT2D eigenvalue weighted by molar-refractivity contribution is 0.0526. The maximum absolute atomic E-state index is 11.6. The van der Waals surface area contributed by atoms with Gasteiger partial charge in [0.05, 0.1) is 7.11 Å². The molecule has 1 aromatic heterocycles. The second kappa shape index (κ2) is 8.21. The van der Waals surface area contributed by atoms with Gasteiger partial charge in [-0.2, -0.15) is 0 Å². The van der Waals surface area contributed by atoms with E-state index < -0.39 is 17.7 Å². The number of ether oxygens (including phenoxy) is 2. The number of esters is 1. The summed E-state index contributed by atoms with van der Waals surface area (Å²) in [6, 6.07) is 3.31. The third-order valence-electron chi connectivity index (χ3n) is 2.53. The highest BCUT2D eigenvalue weighted by Gasteiger charge is 2.15. The molecule has 0 aromatic carbocycles. The Hall–Kier alpha value is -2.31. The molecule has 0 aliphatic heterocycles. The fraction of sp³-hybridized carbons (Fsp3) is 0.533. The van der Waals surface area contributed by atoms with Crippen molar-refractivity contribution in [3.05, 3.63) is 23.9 Å². The Morgan fingerprint density at radius 2 is 2.00 bits per heavy atom. The summed E-state index contributed by atoms with van der Waals surface area (Å²) in [5, 5.41) is 5.71. The first-order valence-electron chi connectivity index (χ1n) is 7.07. The number of hydrogen-bond acceptors (Lipinski definition) is 6. The van der Waals surface area contributed by atoms with Crippen molar-refractivity contribution in [3.63, 3.8) is 0 Å². The van der Waals surface area contributed by atoms with Crippen molar-refractivity contribution in [2.24, 2.45) is 0 Å². The van der Waals surface area contributed by atoms with Crippen LogP contribution >= 0.6 is 0 Å². The van der Waals surface area contributed by atoms with Gasteiger partial charge in [0.1, 0.15) is 17.0 Å². The van der Waals surface area contributed by atoms with E-state index in [4.69, 9.17) is 4.74 Å². The lowest BCUT2D eigenvalue weighted by Crippen LogP contribution is -2.33. The third kappa shape index (κ3) is 6.43. The number of alkyl carbamates (subject to hydrolysis) is 1. The highest BCUT2D eigenvalue weighted by atomic mass is 16.6. The standard InChI is InChI=1S/C15H23N3O4/c1-15(2,3)22-14(20)18-10-6-9-17-12-11(13(19)21-4)7-5-8-16-12/h5,7-8H,6,9-10H2,1-4H3,(H,16,17)(H,18,20). The van der Waals surface area contributed by atoms with E-state index in [0.29, 0.717) is 30.9 Å². The summed E-state index contributed by atoms with van der Waals surface area (Å²) in [5.41, 5.74) is -0.129. The molecule has 1 aromatic rings. The topological polar surface area (TPSA) is 89.5 Å². The molecule has 1 heterocycles. The van der Waals surface area contributed by atoms with Crippen LogP contribution in [0.5, 0.6) is 0 Å². The number of carbonyl (C=O) groups is 2. The van der Waals surface area contributed by atoms with Gasteiger partial charge in [0.15, 0.2) is 0 Å². The Morgan fingerprint density at radius 3 is 2.64 bits per heavy atom. The van der Waals surface area contributed by atoms with E-state index in [1.54, 1.807) is 18.3 Å². The molecule has 0 fully saturated rings. The number of nitrogens with zero attached hydrogens (tertiary/aromatic N) is 1. The van der Waals surface area contributed by atoms with Crippen molar-refractivity contribution in [2.45, 2.75) is 32.8 Å². The van der Waals surface area contributed by atoms with Gasteiger partial charge in [0.2, 0.25) is 0 Å².